The number of carboxylic acid groups (broad SMARTS) is 1. The Balaban J connectivity index is 4.12. The van der Waals surface area contributed by atoms with Gasteiger partial charge in [0.25, 0.3) is 0 Å². The number of hydrogen-bond acceptors (Lipinski definition) is 4. The Morgan fingerprint density at radius 1 is 0.578 bits per heavy atom. The average Bonchev–Trinajstić information content (AvgIpc) is 3.02. The maximum Gasteiger partial charge on any atom is 0.322 e. The molecule has 0 saturated carbocycles. The van der Waals surface area contributed by atoms with Gasteiger partial charge < -0.3 is 15.2 Å². The minimum absolute atomic E-state index is 0.0902. The molecule has 0 rings (SSSR count). The number of ether oxygens (including phenoxy) is 1. The van der Waals surface area contributed by atoms with E-state index < -0.39 is 5.97 Å². The Morgan fingerprint density at radius 3 is 1.56 bits per heavy atom. The number of aliphatic carboxylic acids is 1. The van der Waals surface area contributed by atoms with Crippen LogP contribution in [0.25, 0.3) is 0 Å². The number of carbonyl (C=O) groups is 3. The van der Waals surface area contributed by atoms with E-state index in [1.807, 2.05) is 0 Å². The molecule has 0 aromatic rings. The van der Waals surface area contributed by atoms with E-state index in [9.17, 15) is 14.4 Å². The highest BCUT2D eigenvalue weighted by molar-refractivity contribution is 5.80. The van der Waals surface area contributed by atoms with Crippen molar-refractivity contribution in [1.29, 1.82) is 0 Å². The van der Waals surface area contributed by atoms with E-state index >= 15 is 0 Å². The van der Waals surface area contributed by atoms with Crippen LogP contribution in [0.15, 0.2) is 24.3 Å². The zero-order chi connectivity index (χ0) is 33.1. The van der Waals surface area contributed by atoms with Crippen LogP contribution in [-0.4, -0.2) is 35.6 Å². The van der Waals surface area contributed by atoms with Gasteiger partial charge in [-0.05, 0) is 70.3 Å². The van der Waals surface area contributed by atoms with Crippen molar-refractivity contribution in [1.82, 2.24) is 5.32 Å². The van der Waals surface area contributed by atoms with Crippen molar-refractivity contribution >= 4 is 17.8 Å². The molecule has 0 saturated heterocycles. The number of unbranched alkanes of at least 4 members (excludes halogenated alkanes) is 21. The SMILES string of the molecule is CCCCCCCC/C=C\C(CCCCCCC(=O)NCC(=O)O)OC(=O)CCCCCCC/C=C\CCCCCCCCC. The molecule has 0 bridgehead atoms. The Kier molecular flexibility index (Phi) is 33.1. The summed E-state index contributed by atoms with van der Waals surface area (Å²) in [5.74, 6) is -1.33. The summed E-state index contributed by atoms with van der Waals surface area (Å²) in [6.45, 7) is 4.18. The zero-order valence-corrected chi connectivity index (χ0v) is 29.5. The second-order valence-electron chi connectivity index (χ2n) is 12.8. The van der Waals surface area contributed by atoms with Gasteiger partial charge in [-0.25, -0.2) is 0 Å². The fourth-order valence-corrected chi connectivity index (χ4v) is 5.48. The predicted octanol–water partition coefficient (Wildman–Crippen LogP) is 11.2. The normalized spacial score (nSPS) is 12.2. The summed E-state index contributed by atoms with van der Waals surface area (Å²) in [5, 5.41) is 11.1. The van der Waals surface area contributed by atoms with E-state index in [0.717, 1.165) is 51.4 Å². The first-order chi connectivity index (χ1) is 22.0. The number of hydrogen-bond donors (Lipinski definition) is 2. The van der Waals surface area contributed by atoms with Crippen molar-refractivity contribution in [2.75, 3.05) is 6.54 Å². The average molecular weight is 634 g/mol. The quantitative estimate of drug-likeness (QED) is 0.0418. The molecule has 0 aliphatic heterocycles. The van der Waals surface area contributed by atoms with Gasteiger partial charge in [0.15, 0.2) is 0 Å². The molecule has 0 spiro atoms. The molecular formula is C39H71NO5. The van der Waals surface area contributed by atoms with E-state index in [-0.39, 0.29) is 24.5 Å². The van der Waals surface area contributed by atoms with Gasteiger partial charge in [0, 0.05) is 12.8 Å². The summed E-state index contributed by atoms with van der Waals surface area (Å²) >= 11 is 0. The molecule has 1 unspecified atom stereocenters. The first-order valence-electron chi connectivity index (χ1n) is 19.0. The van der Waals surface area contributed by atoms with Crippen molar-refractivity contribution < 1.29 is 24.2 Å². The molecule has 45 heavy (non-hydrogen) atoms. The predicted molar refractivity (Wildman–Crippen MR) is 189 cm³/mol. The Morgan fingerprint density at radius 2 is 1.02 bits per heavy atom. The molecule has 262 valence electrons. The molecule has 0 heterocycles. The smallest absolute Gasteiger partial charge is 0.322 e. The van der Waals surface area contributed by atoms with Crippen molar-refractivity contribution in [3.63, 3.8) is 0 Å². The van der Waals surface area contributed by atoms with Gasteiger partial charge in [0.2, 0.25) is 5.91 Å². The van der Waals surface area contributed by atoms with E-state index in [4.69, 9.17) is 9.84 Å². The van der Waals surface area contributed by atoms with Crippen molar-refractivity contribution in [2.24, 2.45) is 0 Å². The van der Waals surface area contributed by atoms with Crippen LogP contribution in [0, 0.1) is 0 Å². The van der Waals surface area contributed by atoms with Gasteiger partial charge >= 0.3 is 11.9 Å². The highest BCUT2D eigenvalue weighted by Gasteiger charge is 2.12. The molecule has 6 nitrogen and oxygen atoms in total. The van der Waals surface area contributed by atoms with E-state index in [0.29, 0.717) is 12.8 Å². The van der Waals surface area contributed by atoms with Gasteiger partial charge in [-0.3, -0.25) is 14.4 Å². The molecule has 0 aliphatic carbocycles. The molecule has 1 atom stereocenters. The van der Waals surface area contributed by atoms with Crippen LogP contribution in [0.5, 0.6) is 0 Å². The highest BCUT2D eigenvalue weighted by Crippen LogP contribution is 2.15. The summed E-state index contributed by atoms with van der Waals surface area (Å²) in [7, 11) is 0. The maximum absolute atomic E-state index is 12.6. The largest absolute Gasteiger partial charge is 0.480 e. The van der Waals surface area contributed by atoms with E-state index in [1.165, 1.54) is 116 Å². The van der Waals surface area contributed by atoms with Gasteiger partial charge in [0.05, 0.1) is 0 Å². The topological polar surface area (TPSA) is 92.7 Å². The monoisotopic (exact) mass is 634 g/mol. The number of rotatable bonds is 34. The zero-order valence-electron chi connectivity index (χ0n) is 29.5. The van der Waals surface area contributed by atoms with Crippen LogP contribution >= 0.6 is 0 Å². The Labute approximate surface area is 277 Å². The molecule has 0 aliphatic rings. The second kappa shape index (κ2) is 34.8. The molecule has 0 aromatic heterocycles. The number of carboxylic acids is 1. The minimum Gasteiger partial charge on any atom is -0.480 e. The minimum atomic E-state index is -1.03. The maximum atomic E-state index is 12.6. The summed E-state index contributed by atoms with van der Waals surface area (Å²) in [4.78, 5) is 34.8. The van der Waals surface area contributed by atoms with Gasteiger partial charge in [0.1, 0.15) is 12.6 Å². The Hall–Kier alpha value is -2.11. The third kappa shape index (κ3) is 34.6. The fraction of sp³-hybridized carbons (Fsp3) is 0.821. The lowest BCUT2D eigenvalue weighted by Gasteiger charge is -2.15. The van der Waals surface area contributed by atoms with E-state index in [2.05, 4.69) is 43.5 Å². The summed E-state index contributed by atoms with van der Waals surface area (Å²) in [5.41, 5.74) is 0. The summed E-state index contributed by atoms with van der Waals surface area (Å²) < 4.78 is 5.88. The number of allylic oxidation sites excluding steroid dienone is 3. The first kappa shape index (κ1) is 42.9. The van der Waals surface area contributed by atoms with Crippen LogP contribution in [0.2, 0.25) is 0 Å². The van der Waals surface area contributed by atoms with Gasteiger partial charge in [-0.15, -0.1) is 0 Å². The standard InChI is InChI=1S/C39H71NO5/c1-3-5-7-9-11-13-14-15-16-17-18-19-20-22-24-30-34-39(44)45-36(31-27-23-21-12-10-8-6-4-2)32-28-25-26-29-33-37(41)40-35-38(42)43/h16-17,27,31,36H,3-15,18-26,28-30,32-35H2,1-2H3,(H,40,41)(H,42,43)/b17-16-,31-27-. The summed E-state index contributed by atoms with van der Waals surface area (Å²) in [6.07, 6.45) is 40.2. The van der Waals surface area contributed by atoms with E-state index in [1.54, 1.807) is 0 Å². The van der Waals surface area contributed by atoms with Crippen LogP contribution in [0.4, 0.5) is 0 Å². The first-order valence-corrected chi connectivity index (χ1v) is 19.0. The van der Waals surface area contributed by atoms with Crippen LogP contribution in [0.1, 0.15) is 194 Å². The van der Waals surface area contributed by atoms with Crippen molar-refractivity contribution in [2.45, 2.75) is 200 Å². The van der Waals surface area contributed by atoms with Crippen molar-refractivity contribution in [3.8, 4) is 0 Å². The third-order valence-corrected chi connectivity index (χ3v) is 8.33. The van der Waals surface area contributed by atoms with Crippen molar-refractivity contribution in [3.05, 3.63) is 24.3 Å². The lowest BCUT2D eigenvalue weighted by Crippen LogP contribution is -2.28. The molecule has 0 aromatic carbocycles. The third-order valence-electron chi connectivity index (χ3n) is 8.33. The van der Waals surface area contributed by atoms with Gasteiger partial charge in [-0.2, -0.15) is 0 Å². The number of carbonyl (C=O) groups excluding carboxylic acids is 2. The van der Waals surface area contributed by atoms with Crippen LogP contribution < -0.4 is 5.32 Å². The fourth-order valence-electron chi connectivity index (χ4n) is 5.48. The number of amides is 1. The molecular weight excluding hydrogens is 562 g/mol. The molecule has 0 fully saturated rings. The van der Waals surface area contributed by atoms with Crippen LogP contribution in [-0.2, 0) is 19.1 Å². The second-order valence-corrected chi connectivity index (χ2v) is 12.8. The molecule has 2 N–H and O–H groups in total. The van der Waals surface area contributed by atoms with Gasteiger partial charge in [-0.1, -0.05) is 135 Å². The lowest BCUT2D eigenvalue weighted by atomic mass is 10.1. The Bertz CT molecular complexity index is 748. The van der Waals surface area contributed by atoms with Crippen LogP contribution in [0.3, 0.4) is 0 Å². The molecule has 6 heteroatoms. The lowest BCUT2D eigenvalue weighted by molar-refractivity contribution is -0.147. The molecule has 1 amide bonds. The highest BCUT2D eigenvalue weighted by atomic mass is 16.5. The number of esters is 1. The number of nitrogens with one attached hydrogen (secondary N) is 1. The summed E-state index contributed by atoms with van der Waals surface area (Å²) in [6, 6.07) is 0. The molecule has 0 radical (unpaired) electrons.